The van der Waals surface area contributed by atoms with Crippen molar-refractivity contribution in [2.45, 2.75) is 32.2 Å². The van der Waals surface area contributed by atoms with E-state index in [-0.39, 0.29) is 6.04 Å². The van der Waals surface area contributed by atoms with E-state index in [4.69, 9.17) is 0 Å². The number of aromatic nitrogens is 2. The monoisotopic (exact) mass is 284 g/mol. The third kappa shape index (κ3) is 3.20. The maximum absolute atomic E-state index is 4.22. The SMILES string of the molecule is CC(Nc1ccc(N2CCCCC2)cc1)c1ccnn1C. The second-order valence-electron chi connectivity index (χ2n) is 5.84. The lowest BCUT2D eigenvalue weighted by Crippen LogP contribution is -2.29. The van der Waals surface area contributed by atoms with Gasteiger partial charge < -0.3 is 10.2 Å². The number of hydrogen-bond donors (Lipinski definition) is 1. The first-order chi connectivity index (χ1) is 10.2. The quantitative estimate of drug-likeness (QED) is 0.931. The van der Waals surface area contributed by atoms with Crippen LogP contribution in [0.2, 0.25) is 0 Å². The van der Waals surface area contributed by atoms with Crippen molar-refractivity contribution in [1.29, 1.82) is 0 Å². The summed E-state index contributed by atoms with van der Waals surface area (Å²) in [5.41, 5.74) is 3.69. The number of benzene rings is 1. The van der Waals surface area contributed by atoms with Gasteiger partial charge >= 0.3 is 0 Å². The topological polar surface area (TPSA) is 33.1 Å². The zero-order valence-electron chi connectivity index (χ0n) is 12.9. The van der Waals surface area contributed by atoms with Crippen molar-refractivity contribution >= 4 is 11.4 Å². The normalized spacial score (nSPS) is 16.8. The molecule has 4 nitrogen and oxygen atoms in total. The lowest BCUT2D eigenvalue weighted by Gasteiger charge is -2.29. The molecule has 0 saturated carbocycles. The zero-order valence-corrected chi connectivity index (χ0v) is 12.9. The Hall–Kier alpha value is -1.97. The number of piperidine rings is 1. The van der Waals surface area contributed by atoms with Crippen molar-refractivity contribution < 1.29 is 0 Å². The molecule has 1 aliphatic rings. The lowest BCUT2D eigenvalue weighted by molar-refractivity contribution is 0.578. The van der Waals surface area contributed by atoms with E-state index < -0.39 is 0 Å². The van der Waals surface area contributed by atoms with Crippen molar-refractivity contribution in [1.82, 2.24) is 9.78 Å². The second-order valence-corrected chi connectivity index (χ2v) is 5.84. The van der Waals surface area contributed by atoms with E-state index in [2.05, 4.69) is 52.6 Å². The largest absolute Gasteiger partial charge is 0.377 e. The lowest BCUT2D eigenvalue weighted by atomic mass is 10.1. The Morgan fingerprint density at radius 3 is 2.38 bits per heavy atom. The van der Waals surface area contributed by atoms with Gasteiger partial charge in [-0.3, -0.25) is 4.68 Å². The van der Waals surface area contributed by atoms with Gasteiger partial charge in [0.05, 0.1) is 11.7 Å². The van der Waals surface area contributed by atoms with Crippen molar-refractivity contribution in [3.63, 3.8) is 0 Å². The summed E-state index contributed by atoms with van der Waals surface area (Å²) in [6.07, 6.45) is 5.85. The number of nitrogens with one attached hydrogen (secondary N) is 1. The molecule has 1 saturated heterocycles. The minimum atomic E-state index is 0.248. The van der Waals surface area contributed by atoms with Gasteiger partial charge in [-0.05, 0) is 56.5 Å². The molecule has 21 heavy (non-hydrogen) atoms. The molecule has 2 aromatic rings. The first kappa shape index (κ1) is 14.0. The first-order valence-corrected chi connectivity index (χ1v) is 7.83. The van der Waals surface area contributed by atoms with Gasteiger partial charge in [-0.15, -0.1) is 0 Å². The molecule has 3 rings (SSSR count). The molecule has 0 amide bonds. The van der Waals surface area contributed by atoms with Crippen LogP contribution in [0.25, 0.3) is 0 Å². The highest BCUT2D eigenvalue weighted by Gasteiger charge is 2.12. The van der Waals surface area contributed by atoms with E-state index in [1.807, 2.05) is 17.9 Å². The van der Waals surface area contributed by atoms with E-state index in [9.17, 15) is 0 Å². The van der Waals surface area contributed by atoms with Crippen LogP contribution in [-0.2, 0) is 7.05 Å². The summed E-state index contributed by atoms with van der Waals surface area (Å²) in [6, 6.07) is 11.1. The van der Waals surface area contributed by atoms with Gasteiger partial charge in [-0.25, -0.2) is 0 Å². The summed E-state index contributed by atoms with van der Waals surface area (Å²) in [5, 5.41) is 7.76. The van der Waals surface area contributed by atoms with Crippen LogP contribution in [0.5, 0.6) is 0 Å². The summed E-state index contributed by atoms with van der Waals surface area (Å²) in [6.45, 7) is 4.55. The van der Waals surface area contributed by atoms with Crippen molar-refractivity contribution in [3.8, 4) is 0 Å². The smallest absolute Gasteiger partial charge is 0.0653 e. The molecule has 1 atom stereocenters. The Bertz CT molecular complexity index is 567. The standard InChI is InChI=1S/C17H24N4/c1-14(17-10-11-18-20(17)2)19-15-6-8-16(9-7-15)21-12-4-3-5-13-21/h6-11,14,19H,3-5,12-13H2,1-2H3. The molecule has 0 radical (unpaired) electrons. The van der Waals surface area contributed by atoms with Gasteiger partial charge in [-0.2, -0.15) is 5.10 Å². The van der Waals surface area contributed by atoms with Gasteiger partial charge in [0.15, 0.2) is 0 Å². The third-order valence-electron chi connectivity index (χ3n) is 4.27. The number of hydrogen-bond acceptors (Lipinski definition) is 3. The predicted molar refractivity (Wildman–Crippen MR) is 87.8 cm³/mol. The number of aryl methyl sites for hydroxylation is 1. The Kier molecular flexibility index (Phi) is 4.13. The summed E-state index contributed by atoms with van der Waals surface area (Å²) in [5.74, 6) is 0. The summed E-state index contributed by atoms with van der Waals surface area (Å²) in [7, 11) is 1.98. The number of nitrogens with zero attached hydrogens (tertiary/aromatic N) is 3. The molecule has 1 fully saturated rings. The molecular formula is C17H24N4. The summed E-state index contributed by atoms with van der Waals surface area (Å²) < 4.78 is 1.92. The molecule has 1 unspecified atom stereocenters. The van der Waals surface area contributed by atoms with E-state index in [0.29, 0.717) is 0 Å². The Labute approximate surface area is 126 Å². The van der Waals surface area contributed by atoms with Crippen LogP contribution in [0.3, 0.4) is 0 Å². The zero-order chi connectivity index (χ0) is 14.7. The van der Waals surface area contributed by atoms with Crippen molar-refractivity contribution in [3.05, 3.63) is 42.2 Å². The first-order valence-electron chi connectivity index (χ1n) is 7.83. The summed E-state index contributed by atoms with van der Waals surface area (Å²) >= 11 is 0. The highest BCUT2D eigenvalue weighted by Crippen LogP contribution is 2.24. The van der Waals surface area contributed by atoms with Gasteiger partial charge in [0.1, 0.15) is 0 Å². The minimum absolute atomic E-state index is 0.248. The van der Waals surface area contributed by atoms with E-state index in [0.717, 1.165) is 5.69 Å². The minimum Gasteiger partial charge on any atom is -0.377 e. The van der Waals surface area contributed by atoms with Crippen LogP contribution >= 0.6 is 0 Å². The molecule has 1 N–H and O–H groups in total. The highest BCUT2D eigenvalue weighted by molar-refractivity contribution is 5.55. The fourth-order valence-electron chi connectivity index (χ4n) is 3.05. The Balaban J connectivity index is 1.65. The van der Waals surface area contributed by atoms with Gasteiger partial charge in [0.25, 0.3) is 0 Å². The van der Waals surface area contributed by atoms with Crippen molar-refractivity contribution in [2.75, 3.05) is 23.3 Å². The van der Waals surface area contributed by atoms with Crippen molar-refractivity contribution in [2.24, 2.45) is 7.05 Å². The maximum atomic E-state index is 4.22. The predicted octanol–water partition coefficient (Wildman–Crippen LogP) is 3.58. The Morgan fingerprint density at radius 1 is 1.05 bits per heavy atom. The van der Waals surface area contributed by atoms with E-state index in [1.165, 1.54) is 43.7 Å². The molecule has 1 aromatic carbocycles. The molecule has 112 valence electrons. The maximum Gasteiger partial charge on any atom is 0.0653 e. The number of anilines is 2. The molecule has 0 spiro atoms. The van der Waals surface area contributed by atoms with Crippen LogP contribution in [0.15, 0.2) is 36.5 Å². The van der Waals surface area contributed by atoms with Crippen LogP contribution < -0.4 is 10.2 Å². The van der Waals surface area contributed by atoms with Crippen LogP contribution in [-0.4, -0.2) is 22.9 Å². The molecule has 1 aromatic heterocycles. The molecule has 0 bridgehead atoms. The average Bonchev–Trinajstić information content (AvgIpc) is 2.95. The molecule has 0 aliphatic carbocycles. The summed E-state index contributed by atoms with van der Waals surface area (Å²) in [4.78, 5) is 2.48. The second kappa shape index (κ2) is 6.20. The Morgan fingerprint density at radius 2 is 1.76 bits per heavy atom. The van der Waals surface area contributed by atoms with Gasteiger partial charge in [-0.1, -0.05) is 0 Å². The fourth-order valence-corrected chi connectivity index (χ4v) is 3.05. The van der Waals surface area contributed by atoms with Crippen LogP contribution in [0, 0.1) is 0 Å². The van der Waals surface area contributed by atoms with Gasteiger partial charge in [0.2, 0.25) is 0 Å². The third-order valence-corrected chi connectivity index (χ3v) is 4.27. The fraction of sp³-hybridized carbons (Fsp3) is 0.471. The van der Waals surface area contributed by atoms with Crippen LogP contribution in [0.4, 0.5) is 11.4 Å². The van der Waals surface area contributed by atoms with Crippen LogP contribution in [0.1, 0.15) is 37.9 Å². The highest BCUT2D eigenvalue weighted by atomic mass is 15.3. The molecule has 4 heteroatoms. The van der Waals surface area contributed by atoms with Gasteiger partial charge in [0, 0.05) is 37.7 Å². The number of rotatable bonds is 4. The molecule has 1 aliphatic heterocycles. The molecular weight excluding hydrogens is 260 g/mol. The van der Waals surface area contributed by atoms with E-state index in [1.54, 1.807) is 0 Å². The molecule has 2 heterocycles. The van der Waals surface area contributed by atoms with E-state index >= 15 is 0 Å². The average molecular weight is 284 g/mol.